The first-order chi connectivity index (χ1) is 8.28. The molecule has 17 heavy (non-hydrogen) atoms. The smallest absolute Gasteiger partial charge is 0.119 e. The van der Waals surface area contributed by atoms with E-state index >= 15 is 0 Å². The maximum atomic E-state index is 9.56. The molecule has 1 atom stereocenters. The Labute approximate surface area is 102 Å². The second-order valence-electron chi connectivity index (χ2n) is 4.45. The molecular weight excluding hydrogens is 218 g/mol. The summed E-state index contributed by atoms with van der Waals surface area (Å²) in [7, 11) is 1.66. The molecule has 2 rings (SSSR count). The number of morpholine rings is 1. The molecule has 1 aromatic rings. The first-order valence-electron chi connectivity index (χ1n) is 5.85. The van der Waals surface area contributed by atoms with Crippen molar-refractivity contribution in [2.75, 3.05) is 33.5 Å². The Morgan fingerprint density at radius 3 is 3.06 bits per heavy atom. The third kappa shape index (κ3) is 2.97. The van der Waals surface area contributed by atoms with E-state index in [1.54, 1.807) is 7.11 Å². The second kappa shape index (κ2) is 5.49. The summed E-state index contributed by atoms with van der Waals surface area (Å²) in [6.45, 7) is 2.11. The van der Waals surface area contributed by atoms with Gasteiger partial charge in [0.25, 0.3) is 0 Å². The van der Waals surface area contributed by atoms with Gasteiger partial charge in [-0.3, -0.25) is 0 Å². The second-order valence-corrected chi connectivity index (χ2v) is 4.45. The number of nitrogens with one attached hydrogen (secondary N) is 1. The predicted octanol–water partition coefficient (Wildman–Crippen LogP) is 0.589. The molecule has 1 fully saturated rings. The Morgan fingerprint density at radius 1 is 1.53 bits per heavy atom. The summed E-state index contributed by atoms with van der Waals surface area (Å²) >= 11 is 0. The van der Waals surface area contributed by atoms with Gasteiger partial charge >= 0.3 is 0 Å². The van der Waals surface area contributed by atoms with E-state index in [0.717, 1.165) is 24.3 Å². The van der Waals surface area contributed by atoms with Gasteiger partial charge in [-0.05, 0) is 24.1 Å². The van der Waals surface area contributed by atoms with Crippen molar-refractivity contribution in [3.05, 3.63) is 29.8 Å². The molecule has 0 spiro atoms. The summed E-state index contributed by atoms with van der Waals surface area (Å²) in [5, 5.41) is 12.9. The largest absolute Gasteiger partial charge is 0.497 e. The minimum atomic E-state index is -0.357. The third-order valence-electron chi connectivity index (χ3n) is 3.10. The van der Waals surface area contributed by atoms with Gasteiger partial charge in [-0.1, -0.05) is 12.1 Å². The lowest BCUT2D eigenvalue weighted by Crippen LogP contribution is -2.58. The van der Waals surface area contributed by atoms with Gasteiger partial charge < -0.3 is 19.9 Å². The number of ether oxygens (including phenoxy) is 2. The molecule has 1 aliphatic heterocycles. The zero-order valence-electron chi connectivity index (χ0n) is 10.1. The normalized spacial score (nSPS) is 24.6. The van der Waals surface area contributed by atoms with Gasteiger partial charge in [0.1, 0.15) is 5.75 Å². The molecule has 4 heteroatoms. The van der Waals surface area contributed by atoms with E-state index in [1.807, 2.05) is 24.3 Å². The first kappa shape index (κ1) is 12.4. The molecule has 0 radical (unpaired) electrons. The fraction of sp³-hybridized carbons (Fsp3) is 0.538. The lowest BCUT2D eigenvalue weighted by molar-refractivity contribution is -0.000735. The molecule has 1 heterocycles. The van der Waals surface area contributed by atoms with E-state index in [2.05, 4.69) is 5.32 Å². The van der Waals surface area contributed by atoms with Crippen LogP contribution in [-0.2, 0) is 11.2 Å². The van der Waals surface area contributed by atoms with Crippen LogP contribution in [0.25, 0.3) is 0 Å². The summed E-state index contributed by atoms with van der Waals surface area (Å²) < 4.78 is 10.6. The quantitative estimate of drug-likeness (QED) is 0.804. The van der Waals surface area contributed by atoms with Crippen LogP contribution in [0.15, 0.2) is 24.3 Å². The Balaban J connectivity index is 2.11. The number of methoxy groups -OCH3 is 1. The highest BCUT2D eigenvalue weighted by molar-refractivity contribution is 5.29. The molecule has 2 N–H and O–H groups in total. The molecular formula is C13H19NO3. The molecule has 1 aromatic carbocycles. The number of aliphatic hydroxyl groups is 1. The molecule has 94 valence electrons. The average Bonchev–Trinajstić information content (AvgIpc) is 2.40. The van der Waals surface area contributed by atoms with Crippen LogP contribution in [0.4, 0.5) is 0 Å². The van der Waals surface area contributed by atoms with Crippen LogP contribution in [0.3, 0.4) is 0 Å². The fourth-order valence-electron chi connectivity index (χ4n) is 2.15. The van der Waals surface area contributed by atoms with Gasteiger partial charge in [-0.15, -0.1) is 0 Å². The summed E-state index contributed by atoms with van der Waals surface area (Å²) in [6.07, 6.45) is 0.737. The van der Waals surface area contributed by atoms with E-state index in [4.69, 9.17) is 9.47 Å². The van der Waals surface area contributed by atoms with Gasteiger partial charge in [0.2, 0.25) is 0 Å². The predicted molar refractivity (Wildman–Crippen MR) is 65.3 cm³/mol. The van der Waals surface area contributed by atoms with Crippen molar-refractivity contribution >= 4 is 0 Å². The summed E-state index contributed by atoms with van der Waals surface area (Å²) in [6, 6.07) is 7.91. The molecule has 0 bridgehead atoms. The van der Waals surface area contributed by atoms with E-state index < -0.39 is 0 Å². The van der Waals surface area contributed by atoms with E-state index in [1.165, 1.54) is 0 Å². The Bertz CT molecular complexity index is 361. The minimum absolute atomic E-state index is 0.0736. The number of hydrogen-bond acceptors (Lipinski definition) is 4. The highest BCUT2D eigenvalue weighted by atomic mass is 16.5. The summed E-state index contributed by atoms with van der Waals surface area (Å²) in [5.74, 6) is 0.840. The Morgan fingerprint density at radius 2 is 2.41 bits per heavy atom. The van der Waals surface area contributed by atoms with Crippen molar-refractivity contribution in [2.45, 2.75) is 12.0 Å². The number of aliphatic hydroxyl groups excluding tert-OH is 1. The Hall–Kier alpha value is -1.10. The van der Waals surface area contributed by atoms with E-state index in [0.29, 0.717) is 13.2 Å². The molecule has 0 aromatic heterocycles. The lowest BCUT2D eigenvalue weighted by Gasteiger charge is -2.36. The van der Waals surface area contributed by atoms with Crippen LogP contribution < -0.4 is 10.1 Å². The summed E-state index contributed by atoms with van der Waals surface area (Å²) in [5.41, 5.74) is 0.779. The SMILES string of the molecule is COc1cccc(CC2(CO)COCCN2)c1. The monoisotopic (exact) mass is 237 g/mol. The van der Waals surface area contributed by atoms with E-state index in [-0.39, 0.29) is 12.1 Å². The van der Waals surface area contributed by atoms with Crippen LogP contribution in [0, 0.1) is 0 Å². The average molecular weight is 237 g/mol. The number of rotatable bonds is 4. The van der Waals surface area contributed by atoms with E-state index in [9.17, 15) is 5.11 Å². The fourth-order valence-corrected chi connectivity index (χ4v) is 2.15. The van der Waals surface area contributed by atoms with Gasteiger partial charge in [0, 0.05) is 6.54 Å². The first-order valence-corrected chi connectivity index (χ1v) is 5.85. The summed E-state index contributed by atoms with van der Waals surface area (Å²) in [4.78, 5) is 0. The zero-order chi connectivity index (χ0) is 12.1. The van der Waals surface area contributed by atoms with Crippen LogP contribution in [0.1, 0.15) is 5.56 Å². The van der Waals surface area contributed by atoms with Crippen LogP contribution in [0.2, 0.25) is 0 Å². The van der Waals surface area contributed by atoms with Crippen molar-refractivity contribution in [3.8, 4) is 5.75 Å². The highest BCUT2D eigenvalue weighted by Crippen LogP contribution is 2.20. The van der Waals surface area contributed by atoms with Gasteiger partial charge in [0.05, 0.1) is 32.5 Å². The molecule has 0 aliphatic carbocycles. The number of benzene rings is 1. The molecule has 1 saturated heterocycles. The van der Waals surface area contributed by atoms with Gasteiger partial charge in [-0.25, -0.2) is 0 Å². The van der Waals surface area contributed by atoms with Crippen LogP contribution in [-0.4, -0.2) is 44.1 Å². The van der Waals surface area contributed by atoms with Crippen molar-refractivity contribution in [1.29, 1.82) is 0 Å². The van der Waals surface area contributed by atoms with Crippen LogP contribution in [0.5, 0.6) is 5.75 Å². The molecule has 0 amide bonds. The molecule has 1 unspecified atom stereocenters. The third-order valence-corrected chi connectivity index (χ3v) is 3.10. The van der Waals surface area contributed by atoms with Crippen LogP contribution >= 0.6 is 0 Å². The maximum Gasteiger partial charge on any atom is 0.119 e. The highest BCUT2D eigenvalue weighted by Gasteiger charge is 2.32. The molecule has 4 nitrogen and oxygen atoms in total. The van der Waals surface area contributed by atoms with Crippen molar-refractivity contribution in [3.63, 3.8) is 0 Å². The topological polar surface area (TPSA) is 50.7 Å². The lowest BCUT2D eigenvalue weighted by atomic mass is 9.91. The zero-order valence-corrected chi connectivity index (χ0v) is 10.1. The maximum absolute atomic E-state index is 9.56. The Kier molecular flexibility index (Phi) is 3.99. The standard InChI is InChI=1S/C13H19NO3/c1-16-12-4-2-3-11(7-12)8-13(9-15)10-17-6-5-14-13/h2-4,7,14-15H,5-6,8-10H2,1H3. The van der Waals surface area contributed by atoms with Crippen molar-refractivity contribution < 1.29 is 14.6 Å². The minimum Gasteiger partial charge on any atom is -0.497 e. The van der Waals surface area contributed by atoms with Crippen molar-refractivity contribution in [1.82, 2.24) is 5.32 Å². The number of hydrogen-bond donors (Lipinski definition) is 2. The van der Waals surface area contributed by atoms with Gasteiger partial charge in [0.15, 0.2) is 0 Å². The van der Waals surface area contributed by atoms with Gasteiger partial charge in [-0.2, -0.15) is 0 Å². The molecule has 0 saturated carbocycles. The van der Waals surface area contributed by atoms with Crippen molar-refractivity contribution in [2.24, 2.45) is 0 Å². The molecule has 1 aliphatic rings.